The van der Waals surface area contributed by atoms with Gasteiger partial charge in [-0.15, -0.1) is 10.2 Å². The fourth-order valence-electron chi connectivity index (χ4n) is 2.15. The molecule has 0 saturated heterocycles. The normalized spacial score (nSPS) is 11.8. The summed E-state index contributed by atoms with van der Waals surface area (Å²) in [6.45, 7) is 7.94. The van der Waals surface area contributed by atoms with E-state index in [0.29, 0.717) is 0 Å². The number of aromatic nitrogens is 4. The summed E-state index contributed by atoms with van der Waals surface area (Å²) in [5, 5.41) is 14.2. The average Bonchev–Trinajstić information content (AvgIpc) is 3.02. The summed E-state index contributed by atoms with van der Waals surface area (Å²) in [6, 6.07) is -0.468. The highest BCUT2D eigenvalue weighted by Crippen LogP contribution is 2.32. The van der Waals surface area contributed by atoms with Gasteiger partial charge in [-0.1, -0.05) is 11.3 Å². The Bertz CT molecular complexity index is 737. The van der Waals surface area contributed by atoms with Gasteiger partial charge >= 0.3 is 12.2 Å². The van der Waals surface area contributed by atoms with Crippen LogP contribution >= 0.6 is 11.3 Å². The quantitative estimate of drug-likeness (QED) is 0.874. The van der Waals surface area contributed by atoms with Crippen LogP contribution in [0.25, 0.3) is 0 Å². The van der Waals surface area contributed by atoms with Crippen molar-refractivity contribution in [3.05, 3.63) is 22.0 Å². The van der Waals surface area contributed by atoms with E-state index >= 15 is 0 Å². The largest absolute Gasteiger partial charge is 0.445 e. The van der Waals surface area contributed by atoms with Gasteiger partial charge in [0.25, 0.3) is 0 Å². The molecule has 0 unspecified atom stereocenters. The molecule has 0 aliphatic heterocycles. The van der Waals surface area contributed by atoms with Crippen molar-refractivity contribution in [1.82, 2.24) is 25.3 Å². The first-order chi connectivity index (χ1) is 11.1. The summed E-state index contributed by atoms with van der Waals surface area (Å²) >= 11 is 0.269. The van der Waals surface area contributed by atoms with Crippen molar-refractivity contribution in [3.63, 3.8) is 0 Å². The van der Waals surface area contributed by atoms with Gasteiger partial charge in [0, 0.05) is 23.8 Å². The van der Waals surface area contributed by atoms with Gasteiger partial charge in [0.2, 0.25) is 10.1 Å². The molecule has 0 fully saturated rings. The molecule has 7 nitrogen and oxygen atoms in total. The molecule has 0 aliphatic carbocycles. The highest BCUT2D eigenvalue weighted by Gasteiger charge is 2.35. The number of hydrogen-bond acceptors (Lipinski definition) is 5. The third-order valence-corrected chi connectivity index (χ3v) is 4.16. The van der Waals surface area contributed by atoms with Gasteiger partial charge in [-0.3, -0.25) is 10.00 Å². The highest BCUT2D eigenvalue weighted by atomic mass is 32.1. The Kier molecular flexibility index (Phi) is 5.11. The molecule has 0 atom stereocenters. The van der Waals surface area contributed by atoms with Crippen LogP contribution in [-0.2, 0) is 12.7 Å². The lowest BCUT2D eigenvalue weighted by Gasteiger charge is -2.09. The predicted molar refractivity (Wildman–Crippen MR) is 82.9 cm³/mol. The van der Waals surface area contributed by atoms with Crippen LogP contribution in [0.3, 0.4) is 0 Å². The number of anilines is 1. The van der Waals surface area contributed by atoms with E-state index in [1.54, 1.807) is 0 Å². The minimum atomic E-state index is -4.58. The Balaban J connectivity index is 1.98. The summed E-state index contributed by atoms with van der Waals surface area (Å²) in [5.41, 5.74) is 2.59. The Hall–Kier alpha value is -2.17. The molecule has 2 N–H and O–H groups in total. The van der Waals surface area contributed by atoms with E-state index in [4.69, 9.17) is 0 Å². The van der Waals surface area contributed by atoms with E-state index in [1.807, 2.05) is 32.4 Å². The van der Waals surface area contributed by atoms with Crippen molar-refractivity contribution >= 4 is 22.5 Å². The zero-order valence-electron chi connectivity index (χ0n) is 13.5. The summed E-state index contributed by atoms with van der Waals surface area (Å²) in [5.74, 6) is 0. The van der Waals surface area contributed by atoms with Crippen molar-refractivity contribution in [3.8, 4) is 0 Å². The molecule has 2 aromatic rings. The van der Waals surface area contributed by atoms with E-state index < -0.39 is 17.2 Å². The molecule has 2 heterocycles. The van der Waals surface area contributed by atoms with Crippen molar-refractivity contribution in [2.75, 3.05) is 5.32 Å². The third kappa shape index (κ3) is 4.02. The number of carbonyl (C=O) groups is 1. The lowest BCUT2D eigenvalue weighted by molar-refractivity contribution is -0.138. The lowest BCUT2D eigenvalue weighted by Crippen LogP contribution is -2.28. The number of hydrogen-bond donors (Lipinski definition) is 2. The van der Waals surface area contributed by atoms with E-state index in [-0.39, 0.29) is 29.1 Å². The van der Waals surface area contributed by atoms with E-state index in [9.17, 15) is 18.0 Å². The zero-order valence-corrected chi connectivity index (χ0v) is 14.3. The second-order valence-electron chi connectivity index (χ2n) is 5.41. The number of halogens is 3. The van der Waals surface area contributed by atoms with E-state index in [2.05, 4.69) is 25.9 Å². The molecule has 0 spiro atoms. The Morgan fingerprint density at radius 3 is 2.46 bits per heavy atom. The summed E-state index contributed by atoms with van der Waals surface area (Å²) < 4.78 is 39.2. The number of rotatable bonds is 4. The van der Waals surface area contributed by atoms with Crippen LogP contribution in [-0.4, -0.2) is 26.0 Å². The fraction of sp³-hybridized carbons (Fsp3) is 0.538. The highest BCUT2D eigenvalue weighted by molar-refractivity contribution is 7.15. The molecule has 11 heteroatoms. The minimum Gasteiger partial charge on any atom is -0.334 e. The van der Waals surface area contributed by atoms with E-state index in [1.165, 1.54) is 0 Å². The molecule has 132 valence electrons. The first-order valence-electron chi connectivity index (χ1n) is 7.09. The predicted octanol–water partition coefficient (Wildman–Crippen LogP) is 3.27. The summed E-state index contributed by atoms with van der Waals surface area (Å²) in [4.78, 5) is 11.8. The minimum absolute atomic E-state index is 0.188. The molecule has 0 bridgehead atoms. The van der Waals surface area contributed by atoms with Crippen molar-refractivity contribution < 1.29 is 18.0 Å². The Morgan fingerprint density at radius 1 is 1.29 bits per heavy atom. The lowest BCUT2D eigenvalue weighted by atomic mass is 10.2. The van der Waals surface area contributed by atoms with Crippen LogP contribution in [0.15, 0.2) is 0 Å². The number of aryl methyl sites for hydroxylation is 1. The first kappa shape index (κ1) is 18.2. The number of carbonyl (C=O) groups excluding carboxylic acids is 1. The average molecular weight is 362 g/mol. The van der Waals surface area contributed by atoms with Gasteiger partial charge in [-0.05, 0) is 27.7 Å². The second kappa shape index (κ2) is 6.75. The van der Waals surface area contributed by atoms with Gasteiger partial charge in [0.15, 0.2) is 0 Å². The fourth-order valence-corrected chi connectivity index (χ4v) is 2.76. The number of nitrogens with one attached hydrogen (secondary N) is 2. The number of urea groups is 1. The SMILES string of the molecule is Cc1nn(C(C)C)c(C)c1CNC(=O)Nc1nnc(C(F)(F)F)s1. The molecular formula is C13H17F3N6OS. The topological polar surface area (TPSA) is 84.7 Å². The zero-order chi connectivity index (χ0) is 18.1. The van der Waals surface area contributed by atoms with Crippen LogP contribution in [0.4, 0.5) is 23.1 Å². The maximum absolute atomic E-state index is 12.4. The van der Waals surface area contributed by atoms with Crippen LogP contribution in [0.1, 0.15) is 41.8 Å². The maximum Gasteiger partial charge on any atom is 0.445 e. The smallest absolute Gasteiger partial charge is 0.334 e. The van der Waals surface area contributed by atoms with Crippen LogP contribution < -0.4 is 10.6 Å². The van der Waals surface area contributed by atoms with Gasteiger partial charge in [-0.2, -0.15) is 18.3 Å². The van der Waals surface area contributed by atoms with Gasteiger partial charge in [0.1, 0.15) is 0 Å². The van der Waals surface area contributed by atoms with Gasteiger partial charge in [0.05, 0.1) is 5.69 Å². The van der Waals surface area contributed by atoms with Crippen LogP contribution in [0.2, 0.25) is 0 Å². The van der Waals surface area contributed by atoms with Crippen molar-refractivity contribution in [2.45, 2.75) is 46.5 Å². The summed E-state index contributed by atoms with van der Waals surface area (Å²) in [6.07, 6.45) is -4.58. The standard InChI is InChI=1S/C13H17F3N6OS/c1-6(2)22-8(4)9(7(3)21-22)5-17-11(23)18-12-20-19-10(24-12)13(14,15)16/h6H,5H2,1-4H3,(H2,17,18,20,23). The molecule has 0 aliphatic rings. The number of alkyl halides is 3. The van der Waals surface area contributed by atoms with Gasteiger partial charge < -0.3 is 5.32 Å². The molecule has 0 aromatic carbocycles. The van der Waals surface area contributed by atoms with Crippen LogP contribution in [0.5, 0.6) is 0 Å². The molecule has 2 aromatic heterocycles. The molecule has 0 radical (unpaired) electrons. The molecular weight excluding hydrogens is 345 g/mol. The number of amides is 2. The molecule has 24 heavy (non-hydrogen) atoms. The molecule has 0 saturated carbocycles. The summed E-state index contributed by atoms with van der Waals surface area (Å²) in [7, 11) is 0. The third-order valence-electron chi connectivity index (χ3n) is 3.28. The molecule has 2 rings (SSSR count). The maximum atomic E-state index is 12.4. The molecule has 2 amide bonds. The van der Waals surface area contributed by atoms with Gasteiger partial charge in [-0.25, -0.2) is 4.79 Å². The monoisotopic (exact) mass is 362 g/mol. The van der Waals surface area contributed by atoms with Crippen molar-refractivity contribution in [2.24, 2.45) is 0 Å². The van der Waals surface area contributed by atoms with Crippen LogP contribution in [0, 0.1) is 13.8 Å². The Labute approximate surface area is 140 Å². The Morgan fingerprint density at radius 2 is 1.96 bits per heavy atom. The van der Waals surface area contributed by atoms with Crippen molar-refractivity contribution in [1.29, 1.82) is 0 Å². The first-order valence-corrected chi connectivity index (χ1v) is 7.91. The second-order valence-corrected chi connectivity index (χ2v) is 6.38. The van der Waals surface area contributed by atoms with E-state index in [0.717, 1.165) is 17.0 Å². The number of nitrogens with zero attached hydrogens (tertiary/aromatic N) is 4.